The minimum absolute atomic E-state index is 0.162. The summed E-state index contributed by atoms with van der Waals surface area (Å²) in [5.74, 6) is -0.520. The maximum Gasteiger partial charge on any atom is 0.325 e. The van der Waals surface area contributed by atoms with E-state index in [0.29, 0.717) is 13.1 Å². The molecule has 1 saturated heterocycles. The normalized spacial score (nSPS) is 19.9. The standard InChI is InChI=1S/C26H27N5O3/c1-26(21-11-12-21)24(33)31(25(34)29-26)17-23(32)27-15-20-5-2-3-6-22(20)19-9-7-18(8-10-19)16-30-14-4-13-28-30/h2-10,13-14,21H,11-12,15-17H2,1H3,(H,27,32)(H,29,34). The second kappa shape index (κ2) is 8.78. The molecule has 2 fully saturated rings. The maximum atomic E-state index is 12.8. The summed E-state index contributed by atoms with van der Waals surface area (Å²) in [6.07, 6.45) is 5.53. The van der Waals surface area contributed by atoms with Crippen LogP contribution in [-0.2, 0) is 22.7 Å². The highest BCUT2D eigenvalue weighted by atomic mass is 16.2. The van der Waals surface area contributed by atoms with Crippen molar-refractivity contribution in [2.75, 3.05) is 6.54 Å². The van der Waals surface area contributed by atoms with Gasteiger partial charge in [-0.1, -0.05) is 48.5 Å². The summed E-state index contributed by atoms with van der Waals surface area (Å²) in [5, 5.41) is 9.88. The minimum atomic E-state index is -0.881. The molecule has 174 valence electrons. The Morgan fingerprint density at radius 3 is 2.59 bits per heavy atom. The van der Waals surface area contributed by atoms with Crippen molar-refractivity contribution >= 4 is 17.8 Å². The lowest BCUT2D eigenvalue weighted by atomic mass is 9.96. The third kappa shape index (κ3) is 4.31. The number of imide groups is 1. The molecular formula is C26H27N5O3. The number of carbonyl (C=O) groups excluding carboxylic acids is 3. The monoisotopic (exact) mass is 457 g/mol. The van der Waals surface area contributed by atoms with Gasteiger partial charge in [-0.3, -0.25) is 19.2 Å². The Labute approximate surface area is 197 Å². The van der Waals surface area contributed by atoms with Crippen LogP contribution in [0.25, 0.3) is 11.1 Å². The summed E-state index contributed by atoms with van der Waals surface area (Å²) in [6, 6.07) is 17.5. The van der Waals surface area contributed by atoms with Gasteiger partial charge in [0.2, 0.25) is 5.91 Å². The fraction of sp³-hybridized carbons (Fsp3) is 0.308. The molecule has 2 heterocycles. The third-order valence-electron chi connectivity index (χ3n) is 6.66. The molecule has 2 aliphatic rings. The van der Waals surface area contributed by atoms with Gasteiger partial charge in [0.05, 0.1) is 6.54 Å². The summed E-state index contributed by atoms with van der Waals surface area (Å²) >= 11 is 0. The number of nitrogens with one attached hydrogen (secondary N) is 2. The van der Waals surface area contributed by atoms with Crippen LogP contribution in [0.4, 0.5) is 4.79 Å². The smallest absolute Gasteiger partial charge is 0.325 e. The Kier molecular flexibility index (Phi) is 5.65. The first-order valence-corrected chi connectivity index (χ1v) is 11.5. The molecule has 1 saturated carbocycles. The van der Waals surface area contributed by atoms with E-state index in [4.69, 9.17) is 0 Å². The first-order valence-electron chi connectivity index (χ1n) is 11.5. The predicted molar refractivity (Wildman–Crippen MR) is 126 cm³/mol. The Hall–Kier alpha value is -3.94. The van der Waals surface area contributed by atoms with Crippen LogP contribution in [0.1, 0.15) is 30.9 Å². The molecule has 8 heteroatoms. The molecule has 0 spiro atoms. The van der Waals surface area contributed by atoms with E-state index in [9.17, 15) is 14.4 Å². The molecular weight excluding hydrogens is 430 g/mol. The molecule has 4 amide bonds. The fourth-order valence-corrected chi connectivity index (χ4v) is 4.52. The van der Waals surface area contributed by atoms with Gasteiger partial charge >= 0.3 is 6.03 Å². The van der Waals surface area contributed by atoms with Crippen molar-refractivity contribution in [1.82, 2.24) is 25.3 Å². The van der Waals surface area contributed by atoms with Crippen LogP contribution in [0.3, 0.4) is 0 Å². The number of carbonyl (C=O) groups is 3. The second-order valence-electron chi connectivity index (χ2n) is 9.13. The zero-order valence-corrected chi connectivity index (χ0v) is 19.0. The average molecular weight is 458 g/mol. The molecule has 1 unspecified atom stereocenters. The van der Waals surface area contributed by atoms with E-state index in [-0.39, 0.29) is 24.3 Å². The molecule has 1 aliphatic heterocycles. The van der Waals surface area contributed by atoms with Crippen molar-refractivity contribution in [3.8, 4) is 11.1 Å². The van der Waals surface area contributed by atoms with Crippen molar-refractivity contribution in [2.24, 2.45) is 5.92 Å². The van der Waals surface area contributed by atoms with E-state index in [1.165, 1.54) is 0 Å². The Bertz CT molecular complexity index is 1220. The molecule has 1 atom stereocenters. The predicted octanol–water partition coefficient (Wildman–Crippen LogP) is 2.94. The van der Waals surface area contributed by atoms with Crippen LogP contribution in [0.2, 0.25) is 0 Å². The summed E-state index contributed by atoms with van der Waals surface area (Å²) < 4.78 is 1.87. The molecule has 2 N–H and O–H groups in total. The SMILES string of the molecule is CC1(C2CC2)NC(=O)N(CC(=O)NCc2ccccc2-c2ccc(Cn3cccn3)cc2)C1=O. The van der Waals surface area contributed by atoms with E-state index in [0.717, 1.165) is 40.0 Å². The average Bonchev–Trinajstić information content (AvgIpc) is 3.54. The Morgan fingerprint density at radius 1 is 1.12 bits per heavy atom. The number of hydrogen-bond donors (Lipinski definition) is 2. The molecule has 0 radical (unpaired) electrons. The van der Waals surface area contributed by atoms with Crippen LogP contribution in [0, 0.1) is 5.92 Å². The molecule has 34 heavy (non-hydrogen) atoms. The first kappa shape index (κ1) is 21.9. The van der Waals surface area contributed by atoms with Crippen molar-refractivity contribution in [1.29, 1.82) is 0 Å². The van der Waals surface area contributed by atoms with Gasteiger partial charge in [0.1, 0.15) is 12.1 Å². The molecule has 0 bridgehead atoms. The highest BCUT2D eigenvalue weighted by molar-refractivity contribution is 6.09. The van der Waals surface area contributed by atoms with Gasteiger partial charge in [-0.05, 0) is 54.0 Å². The van der Waals surface area contributed by atoms with Gasteiger partial charge in [-0.15, -0.1) is 0 Å². The van der Waals surface area contributed by atoms with Crippen LogP contribution in [0.15, 0.2) is 67.0 Å². The minimum Gasteiger partial charge on any atom is -0.350 e. The highest BCUT2D eigenvalue weighted by Crippen LogP contribution is 2.42. The third-order valence-corrected chi connectivity index (χ3v) is 6.66. The Morgan fingerprint density at radius 2 is 1.88 bits per heavy atom. The molecule has 8 nitrogen and oxygen atoms in total. The van der Waals surface area contributed by atoms with Crippen molar-refractivity contribution in [3.63, 3.8) is 0 Å². The number of benzene rings is 2. The summed E-state index contributed by atoms with van der Waals surface area (Å²) in [6.45, 7) is 2.47. The molecule has 2 aromatic carbocycles. The quantitative estimate of drug-likeness (QED) is 0.509. The van der Waals surface area contributed by atoms with E-state index in [2.05, 4.69) is 40.0 Å². The zero-order chi connectivity index (χ0) is 23.7. The molecule has 1 aromatic heterocycles. The number of nitrogens with zero attached hydrogens (tertiary/aromatic N) is 3. The number of rotatable bonds is 8. The lowest BCUT2D eigenvalue weighted by Crippen LogP contribution is -2.46. The van der Waals surface area contributed by atoms with Crippen LogP contribution < -0.4 is 10.6 Å². The van der Waals surface area contributed by atoms with E-state index in [1.54, 1.807) is 13.1 Å². The molecule has 3 aromatic rings. The number of urea groups is 1. The number of hydrogen-bond acceptors (Lipinski definition) is 4. The first-order chi connectivity index (χ1) is 16.4. The number of amides is 4. The molecule has 1 aliphatic carbocycles. The summed E-state index contributed by atoms with van der Waals surface area (Å²) in [7, 11) is 0. The van der Waals surface area contributed by atoms with Gasteiger partial charge in [0.15, 0.2) is 0 Å². The fourth-order valence-electron chi connectivity index (χ4n) is 4.52. The maximum absolute atomic E-state index is 12.8. The van der Waals surface area contributed by atoms with Gasteiger partial charge in [-0.25, -0.2) is 4.79 Å². The molecule has 5 rings (SSSR count). The topological polar surface area (TPSA) is 96.3 Å². The van der Waals surface area contributed by atoms with Crippen molar-refractivity contribution in [2.45, 2.75) is 38.4 Å². The van der Waals surface area contributed by atoms with Crippen molar-refractivity contribution < 1.29 is 14.4 Å². The lowest BCUT2D eigenvalue weighted by Gasteiger charge is -2.20. The lowest BCUT2D eigenvalue weighted by molar-refractivity contribution is -0.135. The second-order valence-corrected chi connectivity index (χ2v) is 9.13. The summed E-state index contributed by atoms with van der Waals surface area (Å²) in [4.78, 5) is 38.7. The van der Waals surface area contributed by atoms with E-state index < -0.39 is 11.6 Å². The van der Waals surface area contributed by atoms with Gasteiger partial charge in [-0.2, -0.15) is 5.10 Å². The van der Waals surface area contributed by atoms with Gasteiger partial charge < -0.3 is 10.6 Å². The summed E-state index contributed by atoms with van der Waals surface area (Å²) in [5.41, 5.74) is 3.28. The Balaban J connectivity index is 1.22. The van der Waals surface area contributed by atoms with Crippen LogP contribution in [0.5, 0.6) is 0 Å². The van der Waals surface area contributed by atoms with E-state index in [1.807, 2.05) is 41.2 Å². The van der Waals surface area contributed by atoms with E-state index >= 15 is 0 Å². The largest absolute Gasteiger partial charge is 0.350 e. The van der Waals surface area contributed by atoms with Crippen LogP contribution >= 0.6 is 0 Å². The van der Waals surface area contributed by atoms with Crippen LogP contribution in [-0.4, -0.2) is 44.6 Å². The zero-order valence-electron chi connectivity index (χ0n) is 19.0. The van der Waals surface area contributed by atoms with Crippen molar-refractivity contribution in [3.05, 3.63) is 78.1 Å². The van der Waals surface area contributed by atoms with Gasteiger partial charge in [0, 0.05) is 18.9 Å². The highest BCUT2D eigenvalue weighted by Gasteiger charge is 2.56. The van der Waals surface area contributed by atoms with Gasteiger partial charge in [0.25, 0.3) is 5.91 Å². The number of aromatic nitrogens is 2.